The predicted molar refractivity (Wildman–Crippen MR) is 154 cm³/mol. The number of nitrogens with zero attached hydrogens (tertiary/aromatic N) is 1. The van der Waals surface area contributed by atoms with Crippen molar-refractivity contribution < 1.29 is 24.2 Å². The third-order valence-electron chi connectivity index (χ3n) is 9.32. The lowest BCUT2D eigenvalue weighted by Crippen LogP contribution is -2.56. The Morgan fingerprint density at radius 3 is 2.45 bits per heavy atom. The van der Waals surface area contributed by atoms with Crippen molar-refractivity contribution in [2.75, 3.05) is 17.2 Å². The molecule has 3 heterocycles. The van der Waals surface area contributed by atoms with Crippen LogP contribution in [0.2, 0.25) is 0 Å². The fourth-order valence-electron chi connectivity index (χ4n) is 7.40. The van der Waals surface area contributed by atoms with E-state index in [-0.39, 0.29) is 36.2 Å². The normalized spacial score (nSPS) is 31.4. The van der Waals surface area contributed by atoms with Crippen molar-refractivity contribution in [2.45, 2.75) is 77.7 Å². The predicted octanol–water partition coefficient (Wildman–Crippen LogP) is 4.30. The molecule has 3 unspecified atom stereocenters. The molecular weight excluding hydrogens is 506 g/mol. The van der Waals surface area contributed by atoms with Gasteiger partial charge in [0.15, 0.2) is 0 Å². The van der Waals surface area contributed by atoms with Gasteiger partial charge in [-0.1, -0.05) is 51.1 Å². The molecule has 7 atom stereocenters. The molecule has 0 saturated carbocycles. The van der Waals surface area contributed by atoms with Gasteiger partial charge in [0.2, 0.25) is 17.7 Å². The Balaban J connectivity index is 1.59. The third-order valence-corrected chi connectivity index (χ3v) is 9.32. The van der Waals surface area contributed by atoms with E-state index in [0.717, 1.165) is 11.1 Å². The first kappa shape index (κ1) is 28.3. The minimum atomic E-state index is -1.18. The van der Waals surface area contributed by atoms with Crippen LogP contribution < -0.4 is 10.6 Å². The van der Waals surface area contributed by atoms with Crippen LogP contribution in [0.25, 0.3) is 0 Å². The number of ether oxygens (including phenoxy) is 1. The van der Waals surface area contributed by atoms with Crippen LogP contribution in [0.15, 0.2) is 48.5 Å². The van der Waals surface area contributed by atoms with E-state index in [1.54, 1.807) is 17.0 Å². The number of amides is 3. The number of aliphatic hydroxyl groups is 1. The SMILES string of the molecule is Cc1ccc(C)c(NC(=O)C2N([C@@H](CO)CC(C)C)C(=O)[C@@H]3[C@H](C(=O)Nc4ccccc4)[C@@]4(C)OC23CC4C)c1. The lowest BCUT2D eigenvalue weighted by atomic mass is 9.62. The maximum Gasteiger partial charge on any atom is 0.250 e. The Kier molecular flexibility index (Phi) is 7.29. The zero-order valence-electron chi connectivity index (χ0n) is 24.2. The van der Waals surface area contributed by atoms with Gasteiger partial charge in [0.1, 0.15) is 11.6 Å². The number of para-hydroxylation sites is 1. The third kappa shape index (κ3) is 4.41. The van der Waals surface area contributed by atoms with E-state index in [1.165, 1.54) is 0 Å². The van der Waals surface area contributed by atoms with Crippen LogP contribution in [0, 0.1) is 37.5 Å². The van der Waals surface area contributed by atoms with Gasteiger partial charge in [-0.05, 0) is 74.8 Å². The summed E-state index contributed by atoms with van der Waals surface area (Å²) in [5, 5.41) is 16.6. The summed E-state index contributed by atoms with van der Waals surface area (Å²) in [5.74, 6) is -2.47. The van der Waals surface area contributed by atoms with Gasteiger partial charge in [-0.25, -0.2) is 0 Å². The lowest BCUT2D eigenvalue weighted by molar-refractivity contribution is -0.148. The molecule has 3 amide bonds. The summed E-state index contributed by atoms with van der Waals surface area (Å²) in [6, 6.07) is 13.4. The van der Waals surface area contributed by atoms with E-state index in [2.05, 4.69) is 10.6 Å². The van der Waals surface area contributed by atoms with Gasteiger partial charge in [-0.15, -0.1) is 0 Å². The molecule has 3 N–H and O–H groups in total. The molecule has 1 spiro atoms. The van der Waals surface area contributed by atoms with Gasteiger partial charge >= 0.3 is 0 Å². The Hall–Kier alpha value is -3.23. The number of carbonyl (C=O) groups is 3. The maximum absolute atomic E-state index is 14.4. The average molecular weight is 548 g/mol. The van der Waals surface area contributed by atoms with E-state index in [0.29, 0.717) is 24.2 Å². The molecule has 3 aliphatic rings. The number of fused-ring (bicyclic) bond motifs is 1. The van der Waals surface area contributed by atoms with Crippen molar-refractivity contribution in [2.24, 2.45) is 23.7 Å². The first-order valence-corrected chi connectivity index (χ1v) is 14.3. The molecule has 3 saturated heterocycles. The second kappa shape index (κ2) is 10.3. The second-order valence-corrected chi connectivity index (χ2v) is 12.6. The molecule has 3 aliphatic heterocycles. The van der Waals surface area contributed by atoms with Crippen molar-refractivity contribution >= 4 is 29.1 Å². The largest absolute Gasteiger partial charge is 0.394 e. The van der Waals surface area contributed by atoms with Crippen LogP contribution in [-0.4, -0.2) is 57.6 Å². The highest BCUT2D eigenvalue weighted by atomic mass is 16.5. The average Bonchev–Trinajstić information content (AvgIpc) is 3.41. The maximum atomic E-state index is 14.4. The molecule has 0 aliphatic carbocycles. The standard InChI is InChI=1S/C32H41N3O5/c1-18(2)14-23(17-36)35-27(29(38)34-24-15-19(3)12-13-20(24)4)32-16-21(5)31(6,40-32)25(26(32)30(35)39)28(37)33-22-10-8-7-9-11-22/h7-13,15,18,21,23,25-27,36H,14,16-17H2,1-6H3,(H,33,37)(H,34,38)/t21?,23-,25-,26+,27?,31+,32?/m1/s1. The van der Waals surface area contributed by atoms with E-state index >= 15 is 0 Å². The number of benzene rings is 2. The van der Waals surface area contributed by atoms with Gasteiger partial charge in [-0.2, -0.15) is 0 Å². The molecule has 2 aromatic carbocycles. The first-order chi connectivity index (χ1) is 18.9. The number of nitrogens with one attached hydrogen (secondary N) is 2. The van der Waals surface area contributed by atoms with Crippen molar-refractivity contribution in [3.8, 4) is 0 Å². The second-order valence-electron chi connectivity index (χ2n) is 12.6. The minimum Gasteiger partial charge on any atom is -0.394 e. The number of carbonyl (C=O) groups excluding carboxylic acids is 3. The van der Waals surface area contributed by atoms with Crippen LogP contribution in [0.1, 0.15) is 51.7 Å². The molecule has 8 heteroatoms. The molecule has 0 aromatic heterocycles. The Bertz CT molecular complexity index is 1310. The highest BCUT2D eigenvalue weighted by Gasteiger charge is 2.80. The molecule has 2 bridgehead atoms. The molecule has 5 rings (SSSR count). The van der Waals surface area contributed by atoms with Gasteiger partial charge in [0, 0.05) is 11.4 Å². The summed E-state index contributed by atoms with van der Waals surface area (Å²) in [4.78, 5) is 44.2. The van der Waals surface area contributed by atoms with Crippen LogP contribution >= 0.6 is 0 Å². The highest BCUT2D eigenvalue weighted by Crippen LogP contribution is 2.65. The van der Waals surface area contributed by atoms with Crippen LogP contribution in [0.5, 0.6) is 0 Å². The van der Waals surface area contributed by atoms with Gasteiger partial charge in [0.05, 0.1) is 30.1 Å². The minimum absolute atomic E-state index is 0.0725. The van der Waals surface area contributed by atoms with Crippen molar-refractivity contribution in [1.82, 2.24) is 4.90 Å². The number of hydrogen-bond donors (Lipinski definition) is 3. The monoisotopic (exact) mass is 547 g/mol. The smallest absolute Gasteiger partial charge is 0.250 e. The fraction of sp³-hybridized carbons (Fsp3) is 0.531. The molecule has 40 heavy (non-hydrogen) atoms. The van der Waals surface area contributed by atoms with Crippen molar-refractivity contribution in [3.63, 3.8) is 0 Å². The number of anilines is 2. The number of likely N-dealkylation sites (tertiary alicyclic amines) is 1. The van der Waals surface area contributed by atoms with Crippen molar-refractivity contribution in [3.05, 3.63) is 59.7 Å². The summed E-state index contributed by atoms with van der Waals surface area (Å²) in [5.41, 5.74) is 1.11. The van der Waals surface area contributed by atoms with E-state index in [9.17, 15) is 19.5 Å². The summed E-state index contributed by atoms with van der Waals surface area (Å²) in [6.45, 7) is 11.6. The Morgan fingerprint density at radius 1 is 1.10 bits per heavy atom. The number of hydrogen-bond acceptors (Lipinski definition) is 5. The Labute approximate surface area is 236 Å². The number of aliphatic hydroxyl groups excluding tert-OH is 1. The summed E-state index contributed by atoms with van der Waals surface area (Å²) < 4.78 is 6.82. The summed E-state index contributed by atoms with van der Waals surface area (Å²) in [6.07, 6.45) is 0.988. The van der Waals surface area contributed by atoms with Gasteiger partial charge < -0.3 is 25.4 Å². The molecule has 0 radical (unpaired) electrons. The van der Waals surface area contributed by atoms with E-state index in [4.69, 9.17) is 4.74 Å². The van der Waals surface area contributed by atoms with Crippen LogP contribution in [0.3, 0.4) is 0 Å². The topological polar surface area (TPSA) is 108 Å². The summed E-state index contributed by atoms with van der Waals surface area (Å²) >= 11 is 0. The molecule has 2 aromatic rings. The number of rotatable bonds is 8. The Morgan fingerprint density at radius 2 is 1.80 bits per heavy atom. The molecular formula is C32H41N3O5. The zero-order valence-corrected chi connectivity index (χ0v) is 24.2. The summed E-state index contributed by atoms with van der Waals surface area (Å²) in [7, 11) is 0. The van der Waals surface area contributed by atoms with Gasteiger partial charge in [0.25, 0.3) is 0 Å². The van der Waals surface area contributed by atoms with Crippen LogP contribution in [0.4, 0.5) is 11.4 Å². The van der Waals surface area contributed by atoms with E-state index < -0.39 is 35.1 Å². The first-order valence-electron chi connectivity index (χ1n) is 14.3. The number of aryl methyl sites for hydroxylation is 2. The highest BCUT2D eigenvalue weighted by molar-refractivity contribution is 6.05. The molecule has 8 nitrogen and oxygen atoms in total. The van der Waals surface area contributed by atoms with Gasteiger partial charge in [-0.3, -0.25) is 14.4 Å². The van der Waals surface area contributed by atoms with Crippen molar-refractivity contribution in [1.29, 1.82) is 0 Å². The quantitative estimate of drug-likeness (QED) is 0.457. The zero-order chi connectivity index (χ0) is 29.0. The van der Waals surface area contributed by atoms with Crippen LogP contribution in [-0.2, 0) is 19.1 Å². The lowest BCUT2D eigenvalue weighted by Gasteiger charge is -2.37. The molecule has 214 valence electrons. The fourth-order valence-corrected chi connectivity index (χ4v) is 7.40. The molecule has 3 fully saturated rings. The van der Waals surface area contributed by atoms with E-state index in [1.807, 2.05) is 77.9 Å².